The van der Waals surface area contributed by atoms with Gasteiger partial charge in [-0.05, 0) is 12.5 Å². The highest BCUT2D eigenvalue weighted by Crippen LogP contribution is 2.13. The van der Waals surface area contributed by atoms with Crippen molar-refractivity contribution < 1.29 is 14.3 Å². The molecule has 5 heteroatoms. The molecule has 5 nitrogen and oxygen atoms in total. The third-order valence-corrected chi connectivity index (χ3v) is 3.09. The van der Waals surface area contributed by atoms with E-state index in [0.717, 1.165) is 19.5 Å². The molecule has 0 spiro atoms. The lowest BCUT2D eigenvalue weighted by Crippen LogP contribution is -2.37. The highest BCUT2D eigenvalue weighted by molar-refractivity contribution is 6.11. The van der Waals surface area contributed by atoms with Gasteiger partial charge < -0.3 is 15.4 Å². The number of benzene rings is 1. The second-order valence-corrected chi connectivity index (χ2v) is 4.55. The summed E-state index contributed by atoms with van der Waals surface area (Å²) < 4.78 is 4.57. The predicted octanol–water partition coefficient (Wildman–Crippen LogP) is 1.39. The van der Waals surface area contributed by atoms with Gasteiger partial charge in [-0.2, -0.15) is 0 Å². The molecule has 1 saturated heterocycles. The Bertz CT molecular complexity index is 568. The normalized spacial score (nSPS) is 14.2. The van der Waals surface area contributed by atoms with Gasteiger partial charge in [0.15, 0.2) is 5.78 Å². The van der Waals surface area contributed by atoms with E-state index in [9.17, 15) is 9.59 Å². The van der Waals surface area contributed by atoms with Crippen molar-refractivity contribution >= 4 is 11.8 Å². The number of hydrogen-bond acceptors (Lipinski definition) is 5. The number of rotatable bonds is 4. The lowest BCUT2D eigenvalue weighted by atomic mass is 10.0. The molecule has 0 saturated carbocycles. The largest absolute Gasteiger partial charge is 0.466 e. The van der Waals surface area contributed by atoms with E-state index in [-0.39, 0.29) is 5.78 Å². The molecular weight excluding hydrogens is 268 g/mol. The number of Topliss-reactive ketones (excluding diaryl/α,β-unsaturated/α-hetero) is 1. The minimum atomic E-state index is -0.496. The number of ketones is 1. The van der Waals surface area contributed by atoms with Gasteiger partial charge in [-0.1, -0.05) is 30.3 Å². The Hall–Kier alpha value is -2.56. The molecule has 0 bridgehead atoms. The van der Waals surface area contributed by atoms with E-state index in [1.54, 1.807) is 24.3 Å². The zero-order chi connectivity index (χ0) is 15.1. The topological polar surface area (TPSA) is 67.4 Å². The van der Waals surface area contributed by atoms with Gasteiger partial charge in [-0.25, -0.2) is 4.79 Å². The minimum absolute atomic E-state index is 0.146. The number of nitrogens with one attached hydrogen (secondary N) is 2. The van der Waals surface area contributed by atoms with E-state index >= 15 is 0 Å². The monoisotopic (exact) mass is 286 g/mol. The Morgan fingerprint density at radius 2 is 1.76 bits per heavy atom. The van der Waals surface area contributed by atoms with Crippen LogP contribution in [0.3, 0.4) is 0 Å². The maximum absolute atomic E-state index is 12.6. The lowest BCUT2D eigenvalue weighted by molar-refractivity contribution is -0.134. The van der Waals surface area contributed by atoms with Crippen LogP contribution in [0.1, 0.15) is 16.8 Å². The first-order chi connectivity index (χ1) is 10.2. The first-order valence-corrected chi connectivity index (χ1v) is 6.80. The van der Waals surface area contributed by atoms with Crippen molar-refractivity contribution in [2.75, 3.05) is 20.2 Å². The summed E-state index contributed by atoms with van der Waals surface area (Å²) in [6.07, 6.45) is 3.72. The molecule has 0 atom stereocenters. The van der Waals surface area contributed by atoms with E-state index in [2.05, 4.69) is 15.4 Å². The van der Waals surface area contributed by atoms with Crippen molar-refractivity contribution in [1.29, 1.82) is 0 Å². The van der Waals surface area contributed by atoms with E-state index in [1.807, 2.05) is 6.07 Å². The molecule has 1 aliphatic rings. The van der Waals surface area contributed by atoms with Crippen molar-refractivity contribution in [3.05, 3.63) is 59.4 Å². The summed E-state index contributed by atoms with van der Waals surface area (Å²) in [5.74, 6) is 0.00711. The molecule has 1 aromatic carbocycles. The Balaban J connectivity index is 2.34. The van der Waals surface area contributed by atoms with Crippen LogP contribution in [-0.2, 0) is 9.53 Å². The Kier molecular flexibility index (Phi) is 5.15. The molecular formula is C16H18N2O3. The van der Waals surface area contributed by atoms with Gasteiger partial charge in [-0.3, -0.25) is 4.79 Å². The van der Waals surface area contributed by atoms with Crippen LogP contribution >= 0.6 is 0 Å². The van der Waals surface area contributed by atoms with Crippen LogP contribution in [0.4, 0.5) is 0 Å². The first kappa shape index (κ1) is 14.8. The fourth-order valence-electron chi connectivity index (χ4n) is 2.01. The minimum Gasteiger partial charge on any atom is -0.466 e. The average molecular weight is 286 g/mol. The number of methoxy groups -OCH3 is 1. The molecule has 1 aliphatic heterocycles. The molecule has 1 heterocycles. The first-order valence-electron chi connectivity index (χ1n) is 6.80. The zero-order valence-electron chi connectivity index (χ0n) is 11.9. The second-order valence-electron chi connectivity index (χ2n) is 4.55. The predicted molar refractivity (Wildman–Crippen MR) is 79.6 cm³/mol. The van der Waals surface area contributed by atoms with Crippen molar-refractivity contribution in [3.8, 4) is 0 Å². The summed E-state index contributed by atoms with van der Waals surface area (Å²) in [7, 11) is 1.30. The molecule has 0 amide bonds. The summed E-state index contributed by atoms with van der Waals surface area (Å²) in [6.45, 7) is 1.58. The molecule has 1 fully saturated rings. The summed E-state index contributed by atoms with van der Waals surface area (Å²) in [6, 6.07) is 8.96. The van der Waals surface area contributed by atoms with Crippen LogP contribution in [0.5, 0.6) is 0 Å². The van der Waals surface area contributed by atoms with Crippen LogP contribution in [0.25, 0.3) is 0 Å². The Morgan fingerprint density at radius 1 is 1.10 bits per heavy atom. The third-order valence-electron chi connectivity index (χ3n) is 3.09. The molecule has 0 unspecified atom stereocenters. The molecule has 21 heavy (non-hydrogen) atoms. The van der Waals surface area contributed by atoms with E-state index < -0.39 is 5.97 Å². The molecule has 2 N–H and O–H groups in total. The van der Waals surface area contributed by atoms with Crippen molar-refractivity contribution in [2.24, 2.45) is 0 Å². The van der Waals surface area contributed by atoms with Crippen LogP contribution < -0.4 is 10.6 Å². The second kappa shape index (κ2) is 7.28. The third kappa shape index (κ3) is 3.95. The van der Waals surface area contributed by atoms with Crippen LogP contribution in [0.15, 0.2) is 53.9 Å². The van der Waals surface area contributed by atoms with Gasteiger partial charge in [-0.15, -0.1) is 0 Å². The van der Waals surface area contributed by atoms with Gasteiger partial charge in [0.1, 0.15) is 5.82 Å². The molecule has 0 aliphatic carbocycles. The van der Waals surface area contributed by atoms with Crippen molar-refractivity contribution in [3.63, 3.8) is 0 Å². The zero-order valence-corrected chi connectivity index (χ0v) is 11.9. The number of ether oxygens (including phenoxy) is 1. The average Bonchev–Trinajstić information content (AvgIpc) is 2.56. The number of hydrogen-bond donors (Lipinski definition) is 2. The number of esters is 1. The van der Waals surface area contributed by atoms with Crippen LogP contribution in [0.2, 0.25) is 0 Å². The quantitative estimate of drug-likeness (QED) is 0.497. The van der Waals surface area contributed by atoms with Crippen molar-refractivity contribution in [2.45, 2.75) is 6.42 Å². The lowest BCUT2D eigenvalue weighted by Gasteiger charge is -2.21. The molecule has 1 aromatic rings. The summed E-state index contributed by atoms with van der Waals surface area (Å²) in [5.41, 5.74) is 0.995. The smallest absolute Gasteiger partial charge is 0.330 e. The summed E-state index contributed by atoms with van der Waals surface area (Å²) in [4.78, 5) is 23.9. The van der Waals surface area contributed by atoms with Gasteiger partial charge in [0.2, 0.25) is 0 Å². The standard InChI is InChI=1S/C16H18N2O3/c1-21-14(19)9-8-13(16-17-10-5-11-18-16)15(20)12-6-3-2-4-7-12/h2-4,6-9,17-18H,5,10-11H2,1H3/b9-8+. The fraction of sp³-hybridized carbons (Fsp3) is 0.250. The molecule has 110 valence electrons. The molecule has 0 radical (unpaired) electrons. The fourth-order valence-corrected chi connectivity index (χ4v) is 2.01. The van der Waals surface area contributed by atoms with Crippen LogP contribution in [-0.4, -0.2) is 32.0 Å². The maximum Gasteiger partial charge on any atom is 0.330 e. The summed E-state index contributed by atoms with van der Waals surface area (Å²) >= 11 is 0. The van der Waals surface area contributed by atoms with E-state index in [1.165, 1.54) is 19.3 Å². The van der Waals surface area contributed by atoms with Crippen molar-refractivity contribution in [1.82, 2.24) is 10.6 Å². The Morgan fingerprint density at radius 3 is 2.38 bits per heavy atom. The van der Waals surface area contributed by atoms with Gasteiger partial charge in [0.05, 0.1) is 12.7 Å². The number of allylic oxidation sites excluding steroid dienone is 2. The maximum atomic E-state index is 12.6. The summed E-state index contributed by atoms with van der Waals surface area (Å²) in [5, 5.41) is 6.31. The van der Waals surface area contributed by atoms with E-state index in [0.29, 0.717) is 17.0 Å². The highest BCUT2D eigenvalue weighted by atomic mass is 16.5. The Labute approximate surface area is 123 Å². The SMILES string of the molecule is COC(=O)/C=C/C(C(=O)c1ccccc1)=C1NCCCN1. The van der Waals surface area contributed by atoms with E-state index in [4.69, 9.17) is 0 Å². The van der Waals surface area contributed by atoms with Crippen LogP contribution in [0, 0.1) is 0 Å². The van der Waals surface area contributed by atoms with Gasteiger partial charge in [0, 0.05) is 24.7 Å². The number of carbonyl (C=O) groups excluding carboxylic acids is 2. The number of carbonyl (C=O) groups is 2. The molecule has 2 rings (SSSR count). The highest BCUT2D eigenvalue weighted by Gasteiger charge is 2.17. The van der Waals surface area contributed by atoms with Gasteiger partial charge >= 0.3 is 5.97 Å². The van der Waals surface area contributed by atoms with Gasteiger partial charge in [0.25, 0.3) is 0 Å². The molecule has 0 aromatic heterocycles.